The van der Waals surface area contributed by atoms with Crippen LogP contribution < -0.4 is 5.32 Å². The molecule has 0 aliphatic carbocycles. The Balaban J connectivity index is 1.74. The Kier molecular flexibility index (Phi) is 5.22. The van der Waals surface area contributed by atoms with Crippen LogP contribution in [-0.2, 0) is 4.79 Å². The van der Waals surface area contributed by atoms with E-state index in [2.05, 4.69) is 36.0 Å². The lowest BCUT2D eigenvalue weighted by molar-refractivity contribution is -0.131. The Bertz CT molecular complexity index is 306. The second kappa shape index (κ2) is 6.71. The number of amides is 1. The highest BCUT2D eigenvalue weighted by Crippen LogP contribution is 2.28. The molecule has 19 heavy (non-hydrogen) atoms. The molecule has 2 aliphatic rings. The highest BCUT2D eigenvalue weighted by molar-refractivity contribution is 5.76. The Hall–Kier alpha value is -0.610. The van der Waals surface area contributed by atoms with E-state index in [1.165, 1.54) is 12.8 Å². The standard InChI is InChI=1S/C15H29N3O/c1-12(2)16-9-4-5-15(19)18-10-8-13-6-7-14(11-18)17(13)3/h12-14,16H,4-11H2,1-3H3. The average molecular weight is 267 g/mol. The molecule has 0 aromatic heterocycles. The van der Waals surface area contributed by atoms with Gasteiger partial charge in [0.25, 0.3) is 0 Å². The number of hydrogen-bond donors (Lipinski definition) is 1. The van der Waals surface area contributed by atoms with E-state index < -0.39 is 0 Å². The monoisotopic (exact) mass is 267 g/mol. The summed E-state index contributed by atoms with van der Waals surface area (Å²) in [6, 6.07) is 1.83. The number of likely N-dealkylation sites (N-methyl/N-ethyl adjacent to an activating group) is 1. The first-order valence-electron chi connectivity index (χ1n) is 7.81. The first-order valence-corrected chi connectivity index (χ1v) is 7.81. The minimum Gasteiger partial charge on any atom is -0.341 e. The maximum Gasteiger partial charge on any atom is 0.222 e. The van der Waals surface area contributed by atoms with Crippen molar-refractivity contribution in [3.63, 3.8) is 0 Å². The van der Waals surface area contributed by atoms with E-state index in [1.54, 1.807) is 0 Å². The summed E-state index contributed by atoms with van der Waals surface area (Å²) in [5.41, 5.74) is 0. The van der Waals surface area contributed by atoms with Gasteiger partial charge < -0.3 is 10.2 Å². The number of nitrogens with one attached hydrogen (secondary N) is 1. The smallest absolute Gasteiger partial charge is 0.222 e. The Morgan fingerprint density at radius 1 is 1.26 bits per heavy atom. The zero-order valence-corrected chi connectivity index (χ0v) is 12.7. The summed E-state index contributed by atoms with van der Waals surface area (Å²) in [4.78, 5) is 16.9. The van der Waals surface area contributed by atoms with Crippen LogP contribution in [0.15, 0.2) is 0 Å². The second-order valence-electron chi connectivity index (χ2n) is 6.39. The van der Waals surface area contributed by atoms with Gasteiger partial charge in [-0.1, -0.05) is 13.8 Å². The van der Waals surface area contributed by atoms with Gasteiger partial charge in [-0.05, 0) is 39.3 Å². The third-order valence-electron chi connectivity index (χ3n) is 4.62. The van der Waals surface area contributed by atoms with Crippen LogP contribution in [-0.4, -0.2) is 60.5 Å². The van der Waals surface area contributed by atoms with Gasteiger partial charge >= 0.3 is 0 Å². The molecule has 2 aliphatic heterocycles. The fourth-order valence-electron chi connectivity index (χ4n) is 3.32. The van der Waals surface area contributed by atoms with Crippen LogP contribution >= 0.6 is 0 Å². The minimum absolute atomic E-state index is 0.353. The molecule has 2 atom stereocenters. The highest BCUT2D eigenvalue weighted by Gasteiger charge is 2.35. The van der Waals surface area contributed by atoms with E-state index in [9.17, 15) is 4.79 Å². The topological polar surface area (TPSA) is 35.6 Å². The number of rotatable bonds is 5. The average Bonchev–Trinajstić information content (AvgIpc) is 2.58. The number of fused-ring (bicyclic) bond motifs is 2. The van der Waals surface area contributed by atoms with Crippen LogP contribution in [0.5, 0.6) is 0 Å². The van der Waals surface area contributed by atoms with Crippen molar-refractivity contribution < 1.29 is 4.79 Å². The molecule has 0 spiro atoms. The number of hydrogen-bond acceptors (Lipinski definition) is 3. The van der Waals surface area contributed by atoms with E-state index >= 15 is 0 Å². The summed E-state index contributed by atoms with van der Waals surface area (Å²) in [5, 5.41) is 3.37. The maximum atomic E-state index is 12.3. The molecular formula is C15H29N3O. The molecule has 2 fully saturated rings. The predicted molar refractivity (Wildman–Crippen MR) is 78.1 cm³/mol. The van der Waals surface area contributed by atoms with Gasteiger partial charge in [0, 0.05) is 37.6 Å². The molecule has 2 unspecified atom stereocenters. The lowest BCUT2D eigenvalue weighted by Gasteiger charge is -2.26. The van der Waals surface area contributed by atoms with Crippen molar-refractivity contribution in [3.8, 4) is 0 Å². The Morgan fingerprint density at radius 2 is 2.00 bits per heavy atom. The van der Waals surface area contributed by atoms with Gasteiger partial charge in [-0.3, -0.25) is 9.69 Å². The third kappa shape index (κ3) is 3.93. The zero-order chi connectivity index (χ0) is 13.8. The summed E-state index contributed by atoms with van der Waals surface area (Å²) >= 11 is 0. The summed E-state index contributed by atoms with van der Waals surface area (Å²) in [7, 11) is 2.23. The van der Waals surface area contributed by atoms with Gasteiger partial charge in [-0.15, -0.1) is 0 Å². The first-order chi connectivity index (χ1) is 9.08. The Labute approximate surface area is 117 Å². The quantitative estimate of drug-likeness (QED) is 0.766. The molecular weight excluding hydrogens is 238 g/mol. The van der Waals surface area contributed by atoms with Crippen LogP contribution in [0.1, 0.15) is 46.0 Å². The van der Waals surface area contributed by atoms with Crippen molar-refractivity contribution in [2.75, 3.05) is 26.7 Å². The maximum absolute atomic E-state index is 12.3. The molecule has 2 saturated heterocycles. The highest BCUT2D eigenvalue weighted by atomic mass is 16.2. The molecule has 2 rings (SSSR count). The van der Waals surface area contributed by atoms with Gasteiger partial charge in [0.15, 0.2) is 0 Å². The van der Waals surface area contributed by atoms with E-state index in [0.29, 0.717) is 30.5 Å². The number of likely N-dealkylation sites (tertiary alicyclic amines) is 1. The Morgan fingerprint density at radius 3 is 2.74 bits per heavy atom. The largest absolute Gasteiger partial charge is 0.341 e. The minimum atomic E-state index is 0.353. The fourth-order valence-corrected chi connectivity index (χ4v) is 3.32. The van der Waals surface area contributed by atoms with Crippen LogP contribution in [0.3, 0.4) is 0 Å². The molecule has 0 radical (unpaired) electrons. The van der Waals surface area contributed by atoms with Gasteiger partial charge in [0.2, 0.25) is 5.91 Å². The molecule has 2 bridgehead atoms. The SMILES string of the molecule is CC(C)NCCCC(=O)N1CCC2CCC(C1)N2C. The molecule has 4 nitrogen and oxygen atoms in total. The summed E-state index contributed by atoms with van der Waals surface area (Å²) in [6.07, 6.45) is 5.39. The number of carbonyl (C=O) groups is 1. The zero-order valence-electron chi connectivity index (χ0n) is 12.7. The lowest BCUT2D eigenvalue weighted by Crippen LogP contribution is -2.39. The van der Waals surface area contributed by atoms with Crippen LogP contribution in [0.25, 0.3) is 0 Å². The summed E-state index contributed by atoms with van der Waals surface area (Å²) < 4.78 is 0. The molecule has 0 saturated carbocycles. The summed E-state index contributed by atoms with van der Waals surface area (Å²) in [5.74, 6) is 0.353. The molecule has 1 N–H and O–H groups in total. The van der Waals surface area contributed by atoms with Gasteiger partial charge in [-0.25, -0.2) is 0 Å². The van der Waals surface area contributed by atoms with E-state index in [-0.39, 0.29) is 0 Å². The molecule has 110 valence electrons. The van der Waals surface area contributed by atoms with Crippen molar-refractivity contribution in [1.29, 1.82) is 0 Å². The van der Waals surface area contributed by atoms with Crippen molar-refractivity contribution in [1.82, 2.24) is 15.1 Å². The third-order valence-corrected chi connectivity index (χ3v) is 4.62. The van der Waals surface area contributed by atoms with E-state index in [0.717, 1.165) is 32.5 Å². The van der Waals surface area contributed by atoms with Gasteiger partial charge in [0.05, 0.1) is 0 Å². The van der Waals surface area contributed by atoms with Crippen molar-refractivity contribution in [3.05, 3.63) is 0 Å². The first kappa shape index (κ1) is 14.8. The van der Waals surface area contributed by atoms with Gasteiger partial charge in [0.1, 0.15) is 0 Å². The molecule has 0 aromatic rings. The van der Waals surface area contributed by atoms with Crippen LogP contribution in [0.2, 0.25) is 0 Å². The molecule has 0 aromatic carbocycles. The number of nitrogens with zero attached hydrogens (tertiary/aromatic N) is 2. The lowest BCUT2D eigenvalue weighted by atomic mass is 10.1. The van der Waals surface area contributed by atoms with Crippen molar-refractivity contribution >= 4 is 5.91 Å². The second-order valence-corrected chi connectivity index (χ2v) is 6.39. The van der Waals surface area contributed by atoms with Crippen LogP contribution in [0, 0.1) is 0 Å². The fraction of sp³-hybridized carbons (Fsp3) is 0.933. The molecule has 4 heteroatoms. The number of carbonyl (C=O) groups excluding carboxylic acids is 1. The van der Waals surface area contributed by atoms with E-state index in [4.69, 9.17) is 0 Å². The van der Waals surface area contributed by atoms with Crippen LogP contribution in [0.4, 0.5) is 0 Å². The van der Waals surface area contributed by atoms with E-state index in [1.807, 2.05) is 0 Å². The summed E-state index contributed by atoms with van der Waals surface area (Å²) in [6.45, 7) is 7.14. The molecule has 2 heterocycles. The van der Waals surface area contributed by atoms with Crippen molar-refractivity contribution in [2.24, 2.45) is 0 Å². The van der Waals surface area contributed by atoms with Crippen molar-refractivity contribution in [2.45, 2.75) is 64.1 Å². The van der Waals surface area contributed by atoms with Gasteiger partial charge in [-0.2, -0.15) is 0 Å². The molecule has 1 amide bonds. The normalized spacial score (nSPS) is 27.9. The predicted octanol–water partition coefficient (Wildman–Crippen LogP) is 1.46.